The predicted octanol–water partition coefficient (Wildman–Crippen LogP) is 2.03. The van der Waals surface area contributed by atoms with E-state index in [1.54, 1.807) is 0 Å². The fraction of sp³-hybridized carbons (Fsp3) is 0.625. The van der Waals surface area contributed by atoms with Crippen LogP contribution in [0.25, 0.3) is 0 Å². The van der Waals surface area contributed by atoms with Crippen LogP contribution in [0, 0.1) is 0 Å². The first kappa shape index (κ1) is 16.2. The van der Waals surface area contributed by atoms with Gasteiger partial charge in [0.1, 0.15) is 0 Å². The van der Waals surface area contributed by atoms with Crippen LogP contribution in [0.3, 0.4) is 0 Å². The van der Waals surface area contributed by atoms with Crippen molar-refractivity contribution in [1.29, 1.82) is 0 Å². The third kappa shape index (κ3) is 4.60. The minimum atomic E-state index is -0.241. The van der Waals surface area contributed by atoms with E-state index < -0.39 is 0 Å². The van der Waals surface area contributed by atoms with Gasteiger partial charge in [-0.05, 0) is 17.0 Å². The lowest BCUT2D eigenvalue weighted by atomic mass is 9.83. The van der Waals surface area contributed by atoms with Gasteiger partial charge in [-0.3, -0.25) is 0 Å². The Hall–Kier alpha value is -0.900. The molecule has 0 saturated heterocycles. The molecule has 0 aliphatic heterocycles. The lowest BCUT2D eigenvalue weighted by Crippen LogP contribution is -2.42. The number of benzene rings is 1. The maximum Gasteiger partial charge on any atom is 0.0607 e. The van der Waals surface area contributed by atoms with Gasteiger partial charge < -0.3 is 15.5 Å². The standard InChI is InChI=1S/C16H27NO2/c1-12(2)13-5-7-14(8-6-13)16(3,4)11-17-15(9-18)10-19/h5-8,12,15,17-19H,9-11H2,1-4H3. The van der Waals surface area contributed by atoms with Crippen molar-refractivity contribution in [1.82, 2.24) is 5.32 Å². The summed E-state index contributed by atoms with van der Waals surface area (Å²) in [4.78, 5) is 0. The van der Waals surface area contributed by atoms with Crippen LogP contribution >= 0.6 is 0 Å². The molecular weight excluding hydrogens is 238 g/mol. The third-order valence-corrected chi connectivity index (χ3v) is 3.63. The predicted molar refractivity (Wildman–Crippen MR) is 79.5 cm³/mol. The first-order chi connectivity index (χ1) is 8.90. The van der Waals surface area contributed by atoms with Gasteiger partial charge in [-0.2, -0.15) is 0 Å². The molecule has 19 heavy (non-hydrogen) atoms. The number of rotatable bonds is 7. The average Bonchev–Trinajstić information content (AvgIpc) is 2.40. The molecule has 1 aromatic carbocycles. The molecule has 0 radical (unpaired) electrons. The van der Waals surface area contributed by atoms with Crippen molar-refractivity contribution in [3.63, 3.8) is 0 Å². The first-order valence-electron chi connectivity index (χ1n) is 6.96. The van der Waals surface area contributed by atoms with E-state index in [-0.39, 0.29) is 24.7 Å². The number of aliphatic hydroxyl groups is 2. The van der Waals surface area contributed by atoms with Gasteiger partial charge in [-0.1, -0.05) is 52.0 Å². The summed E-state index contributed by atoms with van der Waals surface area (Å²) in [6, 6.07) is 8.46. The molecule has 0 unspecified atom stereocenters. The summed E-state index contributed by atoms with van der Waals surface area (Å²) in [6.45, 7) is 9.34. The summed E-state index contributed by atoms with van der Waals surface area (Å²) in [7, 11) is 0. The summed E-state index contributed by atoms with van der Waals surface area (Å²) >= 11 is 0. The molecule has 3 N–H and O–H groups in total. The summed E-state index contributed by atoms with van der Waals surface area (Å²) in [5, 5.41) is 21.3. The Balaban J connectivity index is 2.70. The van der Waals surface area contributed by atoms with Crippen LogP contribution in [0.1, 0.15) is 44.7 Å². The molecule has 0 aliphatic rings. The minimum Gasteiger partial charge on any atom is -0.395 e. The van der Waals surface area contributed by atoms with Gasteiger partial charge in [0.05, 0.1) is 19.3 Å². The number of hydrogen-bond donors (Lipinski definition) is 3. The molecule has 0 fully saturated rings. The Labute approximate surface area is 116 Å². The summed E-state index contributed by atoms with van der Waals surface area (Å²) in [5.74, 6) is 0.545. The fourth-order valence-corrected chi connectivity index (χ4v) is 2.01. The molecule has 0 amide bonds. The van der Waals surface area contributed by atoms with Crippen molar-refractivity contribution in [3.8, 4) is 0 Å². The van der Waals surface area contributed by atoms with E-state index in [9.17, 15) is 0 Å². The van der Waals surface area contributed by atoms with Crippen molar-refractivity contribution in [2.24, 2.45) is 0 Å². The molecule has 0 atom stereocenters. The van der Waals surface area contributed by atoms with Crippen LogP contribution in [-0.4, -0.2) is 36.0 Å². The minimum absolute atomic E-state index is 0.0297. The van der Waals surface area contributed by atoms with Gasteiger partial charge >= 0.3 is 0 Å². The average molecular weight is 265 g/mol. The highest BCUT2D eigenvalue weighted by Gasteiger charge is 2.21. The molecule has 0 saturated carbocycles. The molecule has 1 aromatic rings. The highest BCUT2D eigenvalue weighted by molar-refractivity contribution is 5.29. The second-order valence-corrected chi connectivity index (χ2v) is 6.10. The Morgan fingerprint density at radius 1 is 1.05 bits per heavy atom. The van der Waals surface area contributed by atoms with Gasteiger partial charge in [-0.15, -0.1) is 0 Å². The van der Waals surface area contributed by atoms with Crippen molar-refractivity contribution in [2.75, 3.05) is 19.8 Å². The zero-order valence-corrected chi connectivity index (χ0v) is 12.5. The van der Waals surface area contributed by atoms with Crippen molar-refractivity contribution >= 4 is 0 Å². The Morgan fingerprint density at radius 3 is 2.00 bits per heavy atom. The van der Waals surface area contributed by atoms with E-state index in [0.717, 1.165) is 6.54 Å². The molecule has 0 heterocycles. The lowest BCUT2D eigenvalue weighted by molar-refractivity contribution is 0.166. The maximum atomic E-state index is 9.07. The van der Waals surface area contributed by atoms with Crippen molar-refractivity contribution < 1.29 is 10.2 Å². The highest BCUT2D eigenvalue weighted by Crippen LogP contribution is 2.24. The molecule has 0 bridgehead atoms. The van der Waals surface area contributed by atoms with Gasteiger partial charge in [0, 0.05) is 12.0 Å². The molecule has 3 heteroatoms. The molecule has 3 nitrogen and oxygen atoms in total. The number of aliphatic hydroxyl groups excluding tert-OH is 2. The Kier molecular flexibility index (Phi) is 5.98. The van der Waals surface area contributed by atoms with E-state index >= 15 is 0 Å². The number of hydrogen-bond acceptors (Lipinski definition) is 3. The fourth-order valence-electron chi connectivity index (χ4n) is 2.01. The first-order valence-corrected chi connectivity index (χ1v) is 6.96. The smallest absolute Gasteiger partial charge is 0.0607 e. The Bertz CT molecular complexity index is 367. The van der Waals surface area contributed by atoms with E-state index in [2.05, 4.69) is 57.3 Å². The third-order valence-electron chi connectivity index (χ3n) is 3.63. The molecule has 1 rings (SSSR count). The quantitative estimate of drug-likeness (QED) is 0.707. The van der Waals surface area contributed by atoms with Crippen LogP contribution < -0.4 is 5.32 Å². The van der Waals surface area contributed by atoms with E-state index in [4.69, 9.17) is 10.2 Å². The highest BCUT2D eigenvalue weighted by atomic mass is 16.3. The second-order valence-electron chi connectivity index (χ2n) is 6.10. The van der Waals surface area contributed by atoms with Crippen LogP contribution in [0.5, 0.6) is 0 Å². The Morgan fingerprint density at radius 2 is 1.58 bits per heavy atom. The second kappa shape index (κ2) is 7.04. The largest absolute Gasteiger partial charge is 0.395 e. The van der Waals surface area contributed by atoms with E-state index in [0.29, 0.717) is 5.92 Å². The number of nitrogens with one attached hydrogen (secondary N) is 1. The SMILES string of the molecule is CC(C)c1ccc(C(C)(C)CNC(CO)CO)cc1. The van der Waals surface area contributed by atoms with Crippen LogP contribution in [0.2, 0.25) is 0 Å². The summed E-state index contributed by atoms with van der Waals surface area (Å²) < 4.78 is 0. The molecule has 108 valence electrons. The van der Waals surface area contributed by atoms with Crippen LogP contribution in [0.15, 0.2) is 24.3 Å². The lowest BCUT2D eigenvalue weighted by Gasteiger charge is -2.28. The molecule has 0 aliphatic carbocycles. The molecule has 0 spiro atoms. The van der Waals surface area contributed by atoms with Gasteiger partial charge in [0.15, 0.2) is 0 Å². The van der Waals surface area contributed by atoms with E-state index in [1.165, 1.54) is 11.1 Å². The van der Waals surface area contributed by atoms with Crippen molar-refractivity contribution in [2.45, 2.75) is 45.1 Å². The van der Waals surface area contributed by atoms with Gasteiger partial charge in [0.2, 0.25) is 0 Å². The zero-order valence-electron chi connectivity index (χ0n) is 12.5. The van der Waals surface area contributed by atoms with Crippen molar-refractivity contribution in [3.05, 3.63) is 35.4 Å². The monoisotopic (exact) mass is 265 g/mol. The topological polar surface area (TPSA) is 52.5 Å². The summed E-state index contributed by atoms with van der Waals surface area (Å²) in [5.41, 5.74) is 2.58. The zero-order chi connectivity index (χ0) is 14.5. The summed E-state index contributed by atoms with van der Waals surface area (Å²) in [6.07, 6.45) is 0. The van der Waals surface area contributed by atoms with E-state index in [1.807, 2.05) is 0 Å². The van der Waals surface area contributed by atoms with Gasteiger partial charge in [-0.25, -0.2) is 0 Å². The molecular formula is C16H27NO2. The van der Waals surface area contributed by atoms with Crippen LogP contribution in [0.4, 0.5) is 0 Å². The molecule has 0 aromatic heterocycles. The van der Waals surface area contributed by atoms with Crippen LogP contribution in [-0.2, 0) is 5.41 Å². The normalized spacial score (nSPS) is 12.4. The maximum absolute atomic E-state index is 9.07. The van der Waals surface area contributed by atoms with Gasteiger partial charge in [0.25, 0.3) is 0 Å².